The molecule has 0 aliphatic heterocycles. The van der Waals surface area contributed by atoms with Crippen LogP contribution in [0, 0.1) is 11.8 Å². The maximum atomic E-state index is 13.1. The van der Waals surface area contributed by atoms with Crippen LogP contribution in [-0.4, -0.2) is 41.8 Å². The van der Waals surface area contributed by atoms with Gasteiger partial charge in [0.05, 0.1) is 12.3 Å². The molecule has 1 unspecified atom stereocenters. The fraction of sp³-hybridized carbons (Fsp3) is 0.464. The Morgan fingerprint density at radius 1 is 0.914 bits per heavy atom. The standard InChI is InChI=1S/C28H32N2O5/c31-26(32)15-25(17-13-14-17)29-27(33)22-11-5-6-12-24(22)30-28(34)35-16-23-20-9-3-1-7-18(20)19-8-2-4-10-21(19)23/h1-4,7-10,17,22-25H,5-6,11-16H2,(H,29,33)(H,30,34)(H,31,32)/t22-,24+,25?/m0/s1. The van der Waals surface area contributed by atoms with Crippen molar-refractivity contribution in [2.75, 3.05) is 6.61 Å². The molecule has 0 spiro atoms. The van der Waals surface area contributed by atoms with E-state index < -0.39 is 12.1 Å². The summed E-state index contributed by atoms with van der Waals surface area (Å²) in [7, 11) is 0. The largest absolute Gasteiger partial charge is 0.481 e. The summed E-state index contributed by atoms with van der Waals surface area (Å²) in [5, 5.41) is 15.1. The van der Waals surface area contributed by atoms with Crippen LogP contribution in [0.5, 0.6) is 0 Å². The lowest BCUT2D eigenvalue weighted by atomic mass is 9.83. The average molecular weight is 477 g/mol. The lowest BCUT2D eigenvalue weighted by Gasteiger charge is -2.32. The van der Waals surface area contributed by atoms with Crippen molar-refractivity contribution in [1.82, 2.24) is 10.6 Å². The molecule has 5 rings (SSSR count). The molecule has 3 atom stereocenters. The van der Waals surface area contributed by atoms with Crippen LogP contribution in [-0.2, 0) is 14.3 Å². The Hall–Kier alpha value is -3.35. The van der Waals surface area contributed by atoms with Crippen LogP contribution in [0.15, 0.2) is 48.5 Å². The predicted octanol–water partition coefficient (Wildman–Crippen LogP) is 4.45. The highest BCUT2D eigenvalue weighted by atomic mass is 16.5. The molecule has 7 heteroatoms. The van der Waals surface area contributed by atoms with Crippen LogP contribution in [0.25, 0.3) is 11.1 Å². The highest BCUT2D eigenvalue weighted by molar-refractivity contribution is 5.82. The fourth-order valence-electron chi connectivity index (χ4n) is 5.72. The van der Waals surface area contributed by atoms with E-state index in [2.05, 4.69) is 34.9 Å². The number of alkyl carbamates (subject to hydrolysis) is 1. The lowest BCUT2D eigenvalue weighted by molar-refractivity contribution is -0.138. The van der Waals surface area contributed by atoms with Gasteiger partial charge < -0.3 is 20.5 Å². The molecule has 3 N–H and O–H groups in total. The van der Waals surface area contributed by atoms with Crippen LogP contribution < -0.4 is 10.6 Å². The minimum atomic E-state index is -0.904. The third-order valence-electron chi connectivity index (χ3n) is 7.66. The summed E-state index contributed by atoms with van der Waals surface area (Å²) in [5.74, 6) is -1.22. The van der Waals surface area contributed by atoms with E-state index in [9.17, 15) is 19.5 Å². The molecular formula is C28H32N2O5. The molecule has 184 valence electrons. The summed E-state index contributed by atoms with van der Waals surface area (Å²) in [6, 6.07) is 15.7. The number of rotatable bonds is 8. The zero-order valence-electron chi connectivity index (χ0n) is 19.7. The Bertz CT molecular complexity index is 1070. The molecule has 3 aliphatic rings. The molecule has 0 radical (unpaired) electrons. The monoisotopic (exact) mass is 476 g/mol. The van der Waals surface area contributed by atoms with Gasteiger partial charge in [0.25, 0.3) is 0 Å². The third kappa shape index (κ3) is 5.19. The van der Waals surface area contributed by atoms with Crippen LogP contribution in [0.2, 0.25) is 0 Å². The van der Waals surface area contributed by atoms with E-state index >= 15 is 0 Å². The smallest absolute Gasteiger partial charge is 0.407 e. The van der Waals surface area contributed by atoms with E-state index in [-0.39, 0.29) is 48.8 Å². The second-order valence-electron chi connectivity index (χ2n) is 10.0. The van der Waals surface area contributed by atoms with Crippen molar-refractivity contribution in [3.63, 3.8) is 0 Å². The number of hydrogen-bond donors (Lipinski definition) is 3. The van der Waals surface area contributed by atoms with Crippen LogP contribution in [0.1, 0.15) is 62.0 Å². The minimum absolute atomic E-state index is 0.0195. The molecule has 0 saturated heterocycles. The molecule has 2 saturated carbocycles. The number of carboxylic acids is 1. The summed E-state index contributed by atoms with van der Waals surface area (Å²) in [4.78, 5) is 37.1. The van der Waals surface area contributed by atoms with Gasteiger partial charge in [0, 0.05) is 18.0 Å². The minimum Gasteiger partial charge on any atom is -0.481 e. The Morgan fingerprint density at radius 3 is 2.17 bits per heavy atom. The van der Waals surface area contributed by atoms with Crippen molar-refractivity contribution in [2.24, 2.45) is 11.8 Å². The molecule has 0 aromatic heterocycles. The van der Waals surface area contributed by atoms with Gasteiger partial charge in [-0.3, -0.25) is 9.59 Å². The molecule has 7 nitrogen and oxygen atoms in total. The van der Waals surface area contributed by atoms with E-state index in [0.29, 0.717) is 12.8 Å². The van der Waals surface area contributed by atoms with Crippen LogP contribution >= 0.6 is 0 Å². The number of hydrogen-bond acceptors (Lipinski definition) is 4. The maximum Gasteiger partial charge on any atom is 0.407 e. The van der Waals surface area contributed by atoms with Gasteiger partial charge in [-0.05, 0) is 53.9 Å². The second-order valence-corrected chi connectivity index (χ2v) is 10.0. The van der Waals surface area contributed by atoms with Crippen LogP contribution in [0.4, 0.5) is 4.79 Å². The van der Waals surface area contributed by atoms with E-state index in [1.165, 1.54) is 11.1 Å². The molecule has 2 amide bonds. The van der Waals surface area contributed by atoms with Gasteiger partial charge in [0.2, 0.25) is 5.91 Å². The molecule has 2 fully saturated rings. The second kappa shape index (κ2) is 10.1. The SMILES string of the molecule is O=C(O)CC(NC(=O)[C@H]1CCCC[C@H]1NC(=O)OCC1c2ccccc2-c2ccccc21)C1CC1. The number of aliphatic carboxylic acids is 1. The summed E-state index contributed by atoms with van der Waals surface area (Å²) in [6.07, 6.45) is 4.54. The van der Waals surface area contributed by atoms with Crippen LogP contribution in [0.3, 0.4) is 0 Å². The highest BCUT2D eigenvalue weighted by Crippen LogP contribution is 2.44. The molecule has 2 aromatic carbocycles. The lowest BCUT2D eigenvalue weighted by Crippen LogP contribution is -2.51. The molecule has 2 aromatic rings. The van der Waals surface area contributed by atoms with E-state index in [1.54, 1.807) is 0 Å². The summed E-state index contributed by atoms with van der Waals surface area (Å²) < 4.78 is 5.69. The van der Waals surface area contributed by atoms with Gasteiger partial charge in [0.1, 0.15) is 6.61 Å². The highest BCUT2D eigenvalue weighted by Gasteiger charge is 2.38. The molecule has 0 bridgehead atoms. The van der Waals surface area contributed by atoms with Gasteiger partial charge in [-0.15, -0.1) is 0 Å². The first-order valence-corrected chi connectivity index (χ1v) is 12.6. The Morgan fingerprint density at radius 2 is 1.54 bits per heavy atom. The molecule has 3 aliphatic carbocycles. The molecule has 0 heterocycles. The van der Waals surface area contributed by atoms with Crippen molar-refractivity contribution < 1.29 is 24.2 Å². The number of carbonyl (C=O) groups is 3. The zero-order chi connectivity index (χ0) is 24.4. The predicted molar refractivity (Wildman–Crippen MR) is 131 cm³/mol. The van der Waals surface area contributed by atoms with Gasteiger partial charge in [0.15, 0.2) is 0 Å². The van der Waals surface area contributed by atoms with Gasteiger partial charge in [-0.1, -0.05) is 61.4 Å². The number of carbonyl (C=O) groups excluding carboxylic acids is 2. The van der Waals surface area contributed by atoms with Crippen molar-refractivity contribution in [1.29, 1.82) is 0 Å². The Kier molecular flexibility index (Phi) is 6.75. The summed E-state index contributed by atoms with van der Waals surface area (Å²) in [5.41, 5.74) is 4.65. The molecular weight excluding hydrogens is 444 g/mol. The first kappa shape index (κ1) is 23.4. The summed E-state index contributed by atoms with van der Waals surface area (Å²) in [6.45, 7) is 0.228. The number of fused-ring (bicyclic) bond motifs is 3. The fourth-order valence-corrected chi connectivity index (χ4v) is 5.72. The number of ether oxygens (including phenoxy) is 1. The van der Waals surface area contributed by atoms with Gasteiger partial charge in [-0.25, -0.2) is 4.79 Å². The number of nitrogens with one attached hydrogen (secondary N) is 2. The average Bonchev–Trinajstić information content (AvgIpc) is 3.65. The first-order chi connectivity index (χ1) is 17.0. The topological polar surface area (TPSA) is 105 Å². The summed E-state index contributed by atoms with van der Waals surface area (Å²) >= 11 is 0. The number of amides is 2. The van der Waals surface area contributed by atoms with Gasteiger partial charge >= 0.3 is 12.1 Å². The van der Waals surface area contributed by atoms with Crippen molar-refractivity contribution in [2.45, 2.75) is 62.9 Å². The zero-order valence-corrected chi connectivity index (χ0v) is 19.7. The van der Waals surface area contributed by atoms with Crippen molar-refractivity contribution in [3.8, 4) is 11.1 Å². The van der Waals surface area contributed by atoms with Crippen molar-refractivity contribution >= 4 is 18.0 Å². The number of carboxylic acid groups (broad SMARTS) is 1. The Labute approximate surface area is 205 Å². The quantitative estimate of drug-likeness (QED) is 0.522. The maximum absolute atomic E-state index is 13.1. The normalized spacial score (nSPS) is 21.9. The first-order valence-electron chi connectivity index (χ1n) is 12.6. The van der Waals surface area contributed by atoms with E-state index in [1.807, 2.05) is 24.3 Å². The van der Waals surface area contributed by atoms with Gasteiger partial charge in [-0.2, -0.15) is 0 Å². The molecule has 35 heavy (non-hydrogen) atoms. The Balaban J connectivity index is 1.20. The third-order valence-corrected chi connectivity index (χ3v) is 7.66. The van der Waals surface area contributed by atoms with E-state index in [4.69, 9.17) is 4.74 Å². The number of benzene rings is 2. The van der Waals surface area contributed by atoms with E-state index in [0.717, 1.165) is 36.8 Å². The van der Waals surface area contributed by atoms with Crippen molar-refractivity contribution in [3.05, 3.63) is 59.7 Å².